The van der Waals surface area contributed by atoms with E-state index >= 15 is 0 Å². The van der Waals surface area contributed by atoms with Gasteiger partial charge in [-0.3, -0.25) is 0 Å². The van der Waals surface area contributed by atoms with Crippen molar-refractivity contribution in [2.24, 2.45) is 7.05 Å². The van der Waals surface area contributed by atoms with Crippen LogP contribution in [0, 0.1) is 0 Å². The molecule has 0 saturated carbocycles. The summed E-state index contributed by atoms with van der Waals surface area (Å²) in [5.41, 5.74) is 4.18. The normalized spacial score (nSPS) is 19.4. The van der Waals surface area contributed by atoms with E-state index in [4.69, 9.17) is 4.43 Å². The van der Waals surface area contributed by atoms with E-state index in [9.17, 15) is 0 Å². The average molecular weight is 342 g/mol. The van der Waals surface area contributed by atoms with E-state index in [1.165, 1.54) is 34.2 Å². The molecule has 0 fully saturated rings. The number of fused-ring (bicyclic) bond motifs is 1. The van der Waals surface area contributed by atoms with Crippen LogP contribution in [-0.2, 0) is 11.5 Å². The molecule has 0 amide bonds. The Bertz CT molecular complexity index is 792. The fraction of sp³-hybridized carbons (Fsp3) is 0.524. The molecule has 1 atom stereocenters. The molecule has 1 heterocycles. The molecule has 0 spiro atoms. The van der Waals surface area contributed by atoms with Crippen LogP contribution in [0.4, 0.5) is 0 Å². The Morgan fingerprint density at radius 2 is 1.83 bits per heavy atom. The summed E-state index contributed by atoms with van der Waals surface area (Å²) in [5.74, 6) is 1.67. The lowest BCUT2D eigenvalue weighted by Gasteiger charge is -2.38. The summed E-state index contributed by atoms with van der Waals surface area (Å²) in [7, 11) is 0.333. The van der Waals surface area contributed by atoms with E-state index in [1.54, 1.807) is 0 Å². The highest BCUT2D eigenvalue weighted by molar-refractivity contribution is 6.74. The summed E-state index contributed by atoms with van der Waals surface area (Å²) in [4.78, 5) is 0. The number of hydrogen-bond donors (Lipinski definition) is 0. The van der Waals surface area contributed by atoms with Crippen molar-refractivity contribution in [3.8, 4) is 0 Å². The fourth-order valence-electron chi connectivity index (χ4n) is 3.45. The van der Waals surface area contributed by atoms with Gasteiger partial charge in [0.1, 0.15) is 0 Å². The lowest BCUT2D eigenvalue weighted by atomic mass is 9.97. The highest BCUT2D eigenvalue weighted by atomic mass is 28.4. The summed E-state index contributed by atoms with van der Waals surface area (Å²) in [6, 6.07) is 8.72. The van der Waals surface area contributed by atoms with Crippen molar-refractivity contribution < 1.29 is 4.43 Å². The molecule has 1 aliphatic carbocycles. The Kier molecular flexibility index (Phi) is 4.19. The smallest absolute Gasteiger partial charge is 0.250 e. The van der Waals surface area contributed by atoms with E-state index in [-0.39, 0.29) is 5.04 Å². The van der Waals surface area contributed by atoms with Crippen molar-refractivity contribution in [3.63, 3.8) is 0 Å². The molecule has 0 aliphatic heterocycles. The maximum atomic E-state index is 6.81. The van der Waals surface area contributed by atoms with Gasteiger partial charge in [0.15, 0.2) is 0 Å². The van der Waals surface area contributed by atoms with Crippen molar-refractivity contribution in [2.45, 2.75) is 64.6 Å². The summed E-state index contributed by atoms with van der Waals surface area (Å²) < 4.78 is 9.06. The number of nitrogens with zero attached hydrogens (tertiary/aromatic N) is 1. The molecule has 24 heavy (non-hydrogen) atoms. The lowest BCUT2D eigenvalue weighted by molar-refractivity contribution is 0.355. The average Bonchev–Trinajstić information content (AvgIpc) is 3.00. The molecule has 1 aromatic heterocycles. The second-order valence-corrected chi connectivity index (χ2v) is 13.5. The van der Waals surface area contributed by atoms with Crippen molar-refractivity contribution in [1.82, 2.24) is 4.57 Å². The first-order valence-corrected chi connectivity index (χ1v) is 12.0. The Hall–Kier alpha value is -1.48. The largest absolute Gasteiger partial charge is 0.546 e. The van der Waals surface area contributed by atoms with Gasteiger partial charge < -0.3 is 8.99 Å². The van der Waals surface area contributed by atoms with Crippen molar-refractivity contribution in [2.75, 3.05) is 0 Å². The number of allylic oxidation sites excluding steroid dienone is 2. The monoisotopic (exact) mass is 341 g/mol. The van der Waals surface area contributed by atoms with E-state index in [0.717, 1.165) is 6.42 Å². The minimum atomic E-state index is -1.81. The summed E-state index contributed by atoms with van der Waals surface area (Å²) in [6.07, 6.45) is 4.63. The maximum Gasteiger partial charge on any atom is 0.250 e. The van der Waals surface area contributed by atoms with Crippen molar-refractivity contribution >= 4 is 19.2 Å². The highest BCUT2D eigenvalue weighted by Gasteiger charge is 2.42. The first kappa shape index (κ1) is 17.3. The predicted molar refractivity (Wildman–Crippen MR) is 106 cm³/mol. The van der Waals surface area contributed by atoms with Gasteiger partial charge in [0.25, 0.3) is 0 Å². The van der Waals surface area contributed by atoms with Crippen LogP contribution in [0.2, 0.25) is 18.1 Å². The highest BCUT2D eigenvalue weighted by Crippen LogP contribution is 2.47. The van der Waals surface area contributed by atoms with Gasteiger partial charge in [-0.1, -0.05) is 39.0 Å². The number of aryl methyl sites for hydroxylation is 1. The van der Waals surface area contributed by atoms with Crippen LogP contribution >= 0.6 is 0 Å². The number of para-hydroxylation sites is 1. The van der Waals surface area contributed by atoms with E-state index in [1.807, 2.05) is 0 Å². The van der Waals surface area contributed by atoms with Crippen LogP contribution in [0.3, 0.4) is 0 Å². The van der Waals surface area contributed by atoms with Crippen LogP contribution < -0.4 is 0 Å². The van der Waals surface area contributed by atoms with E-state index in [2.05, 4.69) is 82.9 Å². The Morgan fingerprint density at radius 1 is 1.17 bits per heavy atom. The molecule has 130 valence electrons. The third-order valence-electron chi connectivity index (χ3n) is 6.02. The summed E-state index contributed by atoms with van der Waals surface area (Å²) in [5, 5.41) is 1.60. The third-order valence-corrected chi connectivity index (χ3v) is 10.4. The van der Waals surface area contributed by atoms with Gasteiger partial charge in [-0.15, -0.1) is 0 Å². The number of rotatable bonds is 3. The van der Waals surface area contributed by atoms with Crippen LogP contribution in [0.1, 0.15) is 52.0 Å². The molecule has 1 aromatic carbocycles. The summed E-state index contributed by atoms with van der Waals surface area (Å²) in [6.45, 7) is 13.9. The summed E-state index contributed by atoms with van der Waals surface area (Å²) >= 11 is 0. The third kappa shape index (κ3) is 2.83. The second kappa shape index (κ2) is 5.80. The molecule has 2 aromatic rings. The standard InChI is InChI=1S/C21H31NOSi/c1-15-12-13-17(20(15)23-24(6,7)21(2,3)4)18-14-22(5)19-11-9-8-10-16(18)19/h8-11,14,17H,12-13H2,1-7H3. The van der Waals surface area contributed by atoms with Gasteiger partial charge in [0.2, 0.25) is 8.32 Å². The lowest BCUT2D eigenvalue weighted by Crippen LogP contribution is -2.41. The second-order valence-electron chi connectivity index (χ2n) is 8.81. The predicted octanol–water partition coefficient (Wildman–Crippen LogP) is 6.35. The number of benzene rings is 1. The van der Waals surface area contributed by atoms with Crippen LogP contribution in [-0.4, -0.2) is 12.9 Å². The zero-order valence-electron chi connectivity index (χ0n) is 16.2. The zero-order chi connectivity index (χ0) is 17.7. The SMILES string of the molecule is CC1=C(O[Si](C)(C)C(C)(C)C)C(c2cn(C)c3ccccc23)CC1. The topological polar surface area (TPSA) is 14.2 Å². The molecular formula is C21H31NOSi. The molecule has 0 saturated heterocycles. The number of hydrogen-bond acceptors (Lipinski definition) is 1. The van der Waals surface area contributed by atoms with E-state index < -0.39 is 8.32 Å². The molecule has 1 unspecified atom stereocenters. The fourth-order valence-corrected chi connectivity index (χ4v) is 4.62. The van der Waals surface area contributed by atoms with Gasteiger partial charge in [-0.25, -0.2) is 0 Å². The molecule has 0 radical (unpaired) electrons. The van der Waals surface area contributed by atoms with Crippen LogP contribution in [0.15, 0.2) is 41.8 Å². The molecule has 2 nitrogen and oxygen atoms in total. The maximum absolute atomic E-state index is 6.81. The molecular weight excluding hydrogens is 310 g/mol. The molecule has 3 rings (SSSR count). The first-order valence-electron chi connectivity index (χ1n) is 9.04. The van der Waals surface area contributed by atoms with Gasteiger partial charge in [-0.05, 0) is 55.1 Å². The first-order chi connectivity index (χ1) is 11.1. The Balaban J connectivity index is 2.02. The van der Waals surface area contributed by atoms with Crippen LogP contribution in [0.25, 0.3) is 10.9 Å². The molecule has 1 aliphatic rings. The minimum Gasteiger partial charge on any atom is -0.546 e. The zero-order valence-corrected chi connectivity index (χ0v) is 17.2. The van der Waals surface area contributed by atoms with Crippen molar-refractivity contribution in [1.29, 1.82) is 0 Å². The van der Waals surface area contributed by atoms with Gasteiger partial charge in [-0.2, -0.15) is 0 Å². The minimum absolute atomic E-state index is 0.228. The number of aromatic nitrogens is 1. The van der Waals surface area contributed by atoms with Gasteiger partial charge in [0.05, 0.1) is 5.76 Å². The van der Waals surface area contributed by atoms with Gasteiger partial charge in [0, 0.05) is 30.1 Å². The van der Waals surface area contributed by atoms with E-state index in [0.29, 0.717) is 5.92 Å². The Morgan fingerprint density at radius 3 is 2.50 bits per heavy atom. The molecule has 3 heteroatoms. The van der Waals surface area contributed by atoms with Gasteiger partial charge >= 0.3 is 0 Å². The quantitative estimate of drug-likeness (QED) is 0.593. The molecule has 0 bridgehead atoms. The Labute approximate surface area is 147 Å². The van der Waals surface area contributed by atoms with Crippen LogP contribution in [0.5, 0.6) is 0 Å². The molecule has 0 N–H and O–H groups in total. The van der Waals surface area contributed by atoms with Crippen molar-refractivity contribution in [3.05, 3.63) is 47.4 Å².